The summed E-state index contributed by atoms with van der Waals surface area (Å²) >= 11 is 0. The van der Waals surface area contributed by atoms with E-state index in [1.54, 1.807) is 4.57 Å². The molecular weight excluding hydrogens is 598 g/mol. The molecule has 3 N–H and O–H groups in total. The molecule has 0 saturated carbocycles. The fourth-order valence-corrected chi connectivity index (χ4v) is 4.91. The van der Waals surface area contributed by atoms with E-state index >= 15 is 8.78 Å². The average molecular weight is 622 g/mol. The Kier molecular flexibility index (Phi) is 7.89. The van der Waals surface area contributed by atoms with Gasteiger partial charge in [0.2, 0.25) is 5.88 Å². The van der Waals surface area contributed by atoms with Crippen molar-refractivity contribution in [2.45, 2.75) is 32.1 Å². The number of ether oxygens (including phenoxy) is 2. The number of aromatic nitrogens is 4. The summed E-state index contributed by atoms with van der Waals surface area (Å²) in [6.07, 6.45) is 1.38. The number of pyridine rings is 2. The van der Waals surface area contributed by atoms with Crippen LogP contribution in [-0.2, 0) is 24.3 Å². The summed E-state index contributed by atoms with van der Waals surface area (Å²) < 4.78 is 72.6. The van der Waals surface area contributed by atoms with Crippen LogP contribution in [0.15, 0.2) is 54.7 Å². The quantitative estimate of drug-likeness (QED) is 0.212. The lowest BCUT2D eigenvalue weighted by Crippen LogP contribution is -2.31. The van der Waals surface area contributed by atoms with Gasteiger partial charge in [0.1, 0.15) is 41.1 Å². The van der Waals surface area contributed by atoms with Gasteiger partial charge in [-0.2, -0.15) is 0 Å². The number of rotatable bonds is 10. The van der Waals surface area contributed by atoms with E-state index in [-0.39, 0.29) is 82.1 Å². The van der Waals surface area contributed by atoms with Gasteiger partial charge in [0.05, 0.1) is 29.4 Å². The number of imidazole rings is 1. The summed E-state index contributed by atoms with van der Waals surface area (Å²) in [4.78, 5) is 35.0. The Balaban J connectivity index is 1.27. The molecule has 1 atom stereocenters. The molecule has 45 heavy (non-hydrogen) atoms. The Morgan fingerprint density at radius 1 is 1.00 bits per heavy atom. The number of fused-ring (bicyclic) bond motifs is 1. The number of aromatic carboxylic acids is 1. The molecule has 0 spiro atoms. The van der Waals surface area contributed by atoms with Gasteiger partial charge in [-0.3, -0.25) is 9.78 Å². The third kappa shape index (κ3) is 6.04. The van der Waals surface area contributed by atoms with Gasteiger partial charge in [-0.25, -0.2) is 32.3 Å². The van der Waals surface area contributed by atoms with Crippen LogP contribution in [0.5, 0.6) is 5.88 Å². The first-order chi connectivity index (χ1) is 21.6. The number of carbonyl (C=O) groups excluding carboxylic acids is 1. The molecule has 0 aliphatic carbocycles. The van der Waals surface area contributed by atoms with Crippen LogP contribution in [0, 0.1) is 23.3 Å². The zero-order chi connectivity index (χ0) is 31.8. The van der Waals surface area contributed by atoms with E-state index in [1.165, 1.54) is 24.3 Å². The third-order valence-electron chi connectivity index (χ3n) is 7.35. The van der Waals surface area contributed by atoms with Crippen molar-refractivity contribution in [2.24, 2.45) is 5.73 Å². The Hall–Kier alpha value is -5.37. The second-order valence-electron chi connectivity index (χ2n) is 10.3. The summed E-state index contributed by atoms with van der Waals surface area (Å²) in [7, 11) is 0. The summed E-state index contributed by atoms with van der Waals surface area (Å²) in [5, 5.41) is 9.41. The molecule has 1 fully saturated rings. The van der Waals surface area contributed by atoms with Crippen molar-refractivity contribution in [1.29, 1.82) is 0 Å². The molecule has 5 aromatic rings. The maximum atomic E-state index is 15.5. The fraction of sp³-hybridized carbons (Fsp3) is 0.194. The highest BCUT2D eigenvalue weighted by atomic mass is 19.1. The van der Waals surface area contributed by atoms with Crippen molar-refractivity contribution < 1.29 is 41.7 Å². The van der Waals surface area contributed by atoms with Gasteiger partial charge < -0.3 is 24.9 Å². The van der Waals surface area contributed by atoms with Crippen LogP contribution in [0.1, 0.15) is 44.2 Å². The number of benzene rings is 2. The molecule has 3 aromatic heterocycles. The number of carboxylic acids is 1. The van der Waals surface area contributed by atoms with Gasteiger partial charge >= 0.3 is 5.97 Å². The van der Waals surface area contributed by atoms with Crippen molar-refractivity contribution in [2.75, 3.05) is 6.61 Å². The number of hydrogen-bond donors (Lipinski definition) is 2. The van der Waals surface area contributed by atoms with Gasteiger partial charge in [-0.05, 0) is 42.3 Å². The number of hydrogen-bond acceptors (Lipinski definition) is 7. The first kappa shape index (κ1) is 29.7. The van der Waals surface area contributed by atoms with E-state index in [0.29, 0.717) is 6.61 Å². The highest BCUT2D eigenvalue weighted by Crippen LogP contribution is 2.30. The van der Waals surface area contributed by atoms with Crippen molar-refractivity contribution >= 4 is 22.9 Å². The highest BCUT2D eigenvalue weighted by Gasteiger charge is 2.25. The molecule has 1 aliphatic heterocycles. The molecule has 1 amide bonds. The van der Waals surface area contributed by atoms with E-state index in [1.807, 2.05) is 0 Å². The van der Waals surface area contributed by atoms with E-state index in [0.717, 1.165) is 36.9 Å². The second-order valence-corrected chi connectivity index (χ2v) is 10.3. The predicted octanol–water partition coefficient (Wildman–Crippen LogP) is 4.81. The lowest BCUT2D eigenvalue weighted by Gasteiger charge is -2.27. The van der Waals surface area contributed by atoms with Crippen molar-refractivity contribution in [3.63, 3.8) is 0 Å². The highest BCUT2D eigenvalue weighted by molar-refractivity contribution is 5.93. The zero-order valence-corrected chi connectivity index (χ0v) is 23.3. The molecular formula is C31H23F4N5O5. The Morgan fingerprint density at radius 3 is 2.47 bits per heavy atom. The molecule has 14 heteroatoms. The summed E-state index contributed by atoms with van der Waals surface area (Å²) in [5.74, 6) is -5.23. The minimum absolute atomic E-state index is 0.00977. The molecule has 1 aliphatic rings. The van der Waals surface area contributed by atoms with Gasteiger partial charge in [-0.15, -0.1) is 0 Å². The summed E-state index contributed by atoms with van der Waals surface area (Å²) in [6, 6.07) is 9.37. The van der Waals surface area contributed by atoms with E-state index in [9.17, 15) is 23.5 Å². The maximum absolute atomic E-state index is 15.5. The average Bonchev–Trinajstić information content (AvgIpc) is 3.33. The van der Waals surface area contributed by atoms with Gasteiger partial charge in [0, 0.05) is 42.5 Å². The number of halogens is 4. The molecule has 1 saturated heterocycles. The van der Waals surface area contributed by atoms with Crippen LogP contribution in [0.3, 0.4) is 0 Å². The summed E-state index contributed by atoms with van der Waals surface area (Å²) in [5.41, 5.74) is 4.50. The number of primary amides is 1. The molecule has 0 unspecified atom stereocenters. The Labute approximate surface area is 252 Å². The topological polar surface area (TPSA) is 142 Å². The van der Waals surface area contributed by atoms with Crippen molar-refractivity contribution in [3.8, 4) is 17.1 Å². The maximum Gasteiger partial charge on any atom is 0.335 e. The number of amides is 1. The number of nitrogens with two attached hydrogens (primary N) is 1. The first-order valence-corrected chi connectivity index (χ1v) is 13.6. The molecule has 0 bridgehead atoms. The van der Waals surface area contributed by atoms with Crippen molar-refractivity contribution in [1.82, 2.24) is 19.5 Å². The zero-order valence-electron chi connectivity index (χ0n) is 23.3. The summed E-state index contributed by atoms with van der Waals surface area (Å²) in [6.45, 7) is 0.454. The number of carbonyl (C=O) groups is 2. The lowest BCUT2D eigenvalue weighted by molar-refractivity contribution is -0.0589. The monoisotopic (exact) mass is 621 g/mol. The largest absolute Gasteiger partial charge is 0.478 e. The molecule has 4 heterocycles. The van der Waals surface area contributed by atoms with Crippen LogP contribution >= 0.6 is 0 Å². The van der Waals surface area contributed by atoms with Crippen LogP contribution in [-0.4, -0.2) is 49.2 Å². The molecule has 2 aromatic carbocycles. The van der Waals surface area contributed by atoms with Gasteiger partial charge in [0.25, 0.3) is 5.91 Å². The van der Waals surface area contributed by atoms with Crippen LogP contribution in [0.25, 0.3) is 22.3 Å². The van der Waals surface area contributed by atoms with Crippen molar-refractivity contribution in [3.05, 3.63) is 106 Å². The fourth-order valence-electron chi connectivity index (χ4n) is 4.91. The van der Waals surface area contributed by atoms with E-state index < -0.39 is 35.1 Å². The SMILES string of the molecule is NC(=O)c1cc(F)c(COc2cccc(-c3cc(F)c(Cc4nc5c(F)cc(C(=O)O)cc5n4C[C@@H]4CCO4)cc3F)n2)cn1. The Morgan fingerprint density at radius 2 is 1.78 bits per heavy atom. The smallest absolute Gasteiger partial charge is 0.335 e. The first-order valence-electron chi connectivity index (χ1n) is 13.6. The van der Waals surface area contributed by atoms with E-state index in [2.05, 4.69) is 15.0 Å². The van der Waals surface area contributed by atoms with E-state index in [4.69, 9.17) is 15.2 Å². The molecule has 6 rings (SSSR count). The minimum Gasteiger partial charge on any atom is -0.478 e. The van der Waals surface area contributed by atoms with Crippen LogP contribution < -0.4 is 10.5 Å². The normalized spacial score (nSPS) is 14.4. The predicted molar refractivity (Wildman–Crippen MR) is 150 cm³/mol. The van der Waals surface area contributed by atoms with Gasteiger partial charge in [-0.1, -0.05) is 6.07 Å². The lowest BCUT2D eigenvalue weighted by atomic mass is 10.0. The number of nitrogens with zero attached hydrogens (tertiary/aromatic N) is 4. The molecule has 0 radical (unpaired) electrons. The standard InChI is InChI=1S/C31H23F4N5O5/c32-20-10-19(24-2-1-3-28(38-24)45-14-17-12-37-25(30(36)41)11-21(17)33)22(34)6-15(20)9-27-39-29-23(35)7-16(31(42)43)8-26(29)40(27)13-18-4-5-44-18/h1-3,6-8,10-12,18H,4-5,9,13-14H2,(H2,36,41)(H,42,43)/t18-/m0/s1. The Bertz CT molecular complexity index is 1980. The second kappa shape index (κ2) is 12.0. The van der Waals surface area contributed by atoms with Gasteiger partial charge in [0.15, 0.2) is 5.82 Å². The third-order valence-corrected chi connectivity index (χ3v) is 7.35. The minimum atomic E-state index is -1.32. The van der Waals surface area contributed by atoms with Crippen LogP contribution in [0.2, 0.25) is 0 Å². The number of carboxylic acid groups (broad SMARTS) is 1. The van der Waals surface area contributed by atoms with Crippen LogP contribution in [0.4, 0.5) is 17.6 Å². The molecule has 230 valence electrons. The molecule has 10 nitrogen and oxygen atoms in total.